The number of ether oxygens (including phenoxy) is 1. The van der Waals surface area contributed by atoms with Gasteiger partial charge in [0.2, 0.25) is 11.0 Å². The third-order valence-electron chi connectivity index (χ3n) is 5.37. The van der Waals surface area contributed by atoms with E-state index in [0.717, 1.165) is 47.8 Å². The third-order valence-corrected chi connectivity index (χ3v) is 6.27. The fourth-order valence-electron chi connectivity index (χ4n) is 3.76. The summed E-state index contributed by atoms with van der Waals surface area (Å²) in [4.78, 5) is 19.5. The number of nitrogens with one attached hydrogen (secondary N) is 1. The van der Waals surface area contributed by atoms with Crippen LogP contribution in [-0.4, -0.2) is 45.7 Å². The Kier molecular flexibility index (Phi) is 6.89. The topological polar surface area (TPSA) is 80.2 Å². The molecule has 0 spiro atoms. The molecule has 8 heteroatoms. The van der Waals surface area contributed by atoms with Gasteiger partial charge in [-0.2, -0.15) is 0 Å². The van der Waals surface area contributed by atoms with Crippen LogP contribution in [-0.2, 0) is 11.2 Å². The number of pyridine rings is 1. The molecule has 31 heavy (non-hydrogen) atoms. The number of likely N-dealkylation sites (tertiary alicyclic amines) is 1. The maximum absolute atomic E-state index is 13.1. The fraction of sp³-hybridized carbons (Fsp3) is 0.391. The van der Waals surface area contributed by atoms with Gasteiger partial charge in [0.05, 0.1) is 6.61 Å². The summed E-state index contributed by atoms with van der Waals surface area (Å²) in [5, 5.41) is 12.7. The lowest BCUT2D eigenvalue weighted by atomic mass is 10.1. The Hall–Kier alpha value is -2.84. The molecule has 7 nitrogen and oxygen atoms in total. The first-order valence-corrected chi connectivity index (χ1v) is 11.4. The van der Waals surface area contributed by atoms with E-state index in [-0.39, 0.29) is 11.9 Å². The third kappa shape index (κ3) is 5.45. The van der Waals surface area contributed by atoms with E-state index in [1.165, 1.54) is 16.9 Å². The summed E-state index contributed by atoms with van der Waals surface area (Å²) < 4.78 is 5.91. The van der Waals surface area contributed by atoms with Crippen LogP contribution in [0.2, 0.25) is 0 Å². The zero-order chi connectivity index (χ0) is 21.6. The molecule has 0 saturated carbocycles. The van der Waals surface area contributed by atoms with Gasteiger partial charge < -0.3 is 4.74 Å². The lowest BCUT2D eigenvalue weighted by Crippen LogP contribution is -2.35. The highest BCUT2D eigenvalue weighted by atomic mass is 32.1. The van der Waals surface area contributed by atoms with Crippen LogP contribution >= 0.6 is 11.3 Å². The quantitative estimate of drug-likeness (QED) is 0.575. The Morgan fingerprint density at radius 2 is 2.06 bits per heavy atom. The van der Waals surface area contributed by atoms with Crippen molar-refractivity contribution in [1.29, 1.82) is 0 Å². The van der Waals surface area contributed by atoms with E-state index in [0.29, 0.717) is 18.2 Å². The number of benzene rings is 1. The Labute approximate surface area is 186 Å². The van der Waals surface area contributed by atoms with Crippen LogP contribution in [0.3, 0.4) is 0 Å². The Morgan fingerprint density at radius 1 is 1.23 bits per heavy atom. The first kappa shape index (κ1) is 21.4. The molecule has 1 aromatic carbocycles. The minimum Gasteiger partial charge on any atom is -0.493 e. The molecule has 3 aromatic rings. The number of carbonyl (C=O) groups excluding carboxylic acids is 1. The van der Waals surface area contributed by atoms with Crippen molar-refractivity contribution in [3.8, 4) is 5.75 Å². The van der Waals surface area contributed by atoms with Gasteiger partial charge in [-0.1, -0.05) is 29.5 Å². The van der Waals surface area contributed by atoms with Crippen molar-refractivity contribution in [1.82, 2.24) is 20.1 Å². The molecule has 2 aromatic heterocycles. The van der Waals surface area contributed by atoms with E-state index in [2.05, 4.69) is 37.5 Å². The normalized spacial score (nSPS) is 15.0. The highest BCUT2D eigenvalue weighted by molar-refractivity contribution is 7.15. The Balaban J connectivity index is 1.37. The number of amides is 1. The molecule has 0 radical (unpaired) electrons. The van der Waals surface area contributed by atoms with Crippen molar-refractivity contribution in [2.24, 2.45) is 0 Å². The zero-order valence-electron chi connectivity index (χ0n) is 17.9. The predicted octanol–water partition coefficient (Wildman–Crippen LogP) is 3.95. The average molecular weight is 438 g/mol. The second-order valence-corrected chi connectivity index (χ2v) is 8.85. The van der Waals surface area contributed by atoms with Crippen LogP contribution in [0.15, 0.2) is 42.7 Å². The minimum absolute atomic E-state index is 0.0933. The van der Waals surface area contributed by atoms with Crippen LogP contribution in [0.25, 0.3) is 0 Å². The van der Waals surface area contributed by atoms with E-state index in [1.54, 1.807) is 12.4 Å². The van der Waals surface area contributed by atoms with Crippen molar-refractivity contribution in [2.75, 3.05) is 25.0 Å². The highest BCUT2D eigenvalue weighted by Gasteiger charge is 2.30. The van der Waals surface area contributed by atoms with Gasteiger partial charge in [0, 0.05) is 18.8 Å². The van der Waals surface area contributed by atoms with E-state index in [4.69, 9.17) is 4.74 Å². The zero-order valence-corrected chi connectivity index (χ0v) is 18.7. The van der Waals surface area contributed by atoms with Gasteiger partial charge in [0.15, 0.2) is 0 Å². The molecule has 1 amide bonds. The van der Waals surface area contributed by atoms with Gasteiger partial charge in [-0.15, -0.1) is 10.2 Å². The maximum Gasteiger partial charge on any atom is 0.248 e. The van der Waals surface area contributed by atoms with Crippen LogP contribution < -0.4 is 10.1 Å². The lowest BCUT2D eigenvalue weighted by Gasteiger charge is -2.26. The van der Waals surface area contributed by atoms with Gasteiger partial charge in [-0.05, 0) is 68.6 Å². The van der Waals surface area contributed by atoms with Crippen molar-refractivity contribution in [3.63, 3.8) is 0 Å². The standard InChI is InChI=1S/C23H27N5O2S/c1-16-7-8-17(2)19(14-16)30-13-9-20-26-27-23(31-20)25-22(29)21(28-11-3-4-12-28)18-6-5-10-24-15-18/h5-8,10,14-15,21H,3-4,9,11-13H2,1-2H3,(H,25,27,29). The lowest BCUT2D eigenvalue weighted by molar-refractivity contribution is -0.121. The second kappa shape index (κ2) is 9.98. The summed E-state index contributed by atoms with van der Waals surface area (Å²) in [6.45, 7) is 6.41. The molecular formula is C23H27N5O2S. The molecule has 1 N–H and O–H groups in total. The monoisotopic (exact) mass is 437 g/mol. The molecule has 3 heterocycles. The smallest absolute Gasteiger partial charge is 0.248 e. The van der Waals surface area contributed by atoms with Gasteiger partial charge in [-0.25, -0.2) is 0 Å². The van der Waals surface area contributed by atoms with Crippen molar-refractivity contribution in [3.05, 3.63) is 64.4 Å². The number of anilines is 1. The number of carbonyl (C=O) groups is 1. The fourth-order valence-corrected chi connectivity index (χ4v) is 4.48. The molecule has 4 rings (SSSR count). The van der Waals surface area contributed by atoms with Crippen LogP contribution in [0, 0.1) is 13.8 Å². The average Bonchev–Trinajstić information content (AvgIpc) is 3.44. The molecule has 0 aliphatic carbocycles. The van der Waals surface area contributed by atoms with E-state index >= 15 is 0 Å². The van der Waals surface area contributed by atoms with Gasteiger partial charge in [0.1, 0.15) is 16.8 Å². The van der Waals surface area contributed by atoms with E-state index < -0.39 is 0 Å². The SMILES string of the molecule is Cc1ccc(C)c(OCCc2nnc(NC(=O)C(c3cccnc3)N3CCCC3)s2)c1. The summed E-state index contributed by atoms with van der Waals surface area (Å²) in [6, 6.07) is 9.62. The summed E-state index contributed by atoms with van der Waals surface area (Å²) in [5.74, 6) is 0.798. The van der Waals surface area contributed by atoms with Crippen molar-refractivity contribution >= 4 is 22.4 Å². The largest absolute Gasteiger partial charge is 0.493 e. The number of hydrogen-bond acceptors (Lipinski definition) is 7. The van der Waals surface area contributed by atoms with Crippen LogP contribution in [0.4, 0.5) is 5.13 Å². The summed E-state index contributed by atoms with van der Waals surface area (Å²) >= 11 is 1.39. The first-order valence-electron chi connectivity index (χ1n) is 10.6. The summed E-state index contributed by atoms with van der Waals surface area (Å²) in [7, 11) is 0. The van der Waals surface area contributed by atoms with Crippen LogP contribution in [0.1, 0.15) is 40.6 Å². The predicted molar refractivity (Wildman–Crippen MR) is 121 cm³/mol. The van der Waals surface area contributed by atoms with Crippen LogP contribution in [0.5, 0.6) is 5.75 Å². The number of hydrogen-bond donors (Lipinski definition) is 1. The number of aryl methyl sites for hydroxylation is 2. The number of nitrogens with zero attached hydrogens (tertiary/aromatic N) is 4. The van der Waals surface area contributed by atoms with E-state index in [1.807, 2.05) is 32.0 Å². The van der Waals surface area contributed by atoms with E-state index in [9.17, 15) is 4.79 Å². The molecule has 162 valence electrons. The first-order chi connectivity index (χ1) is 15.1. The second-order valence-electron chi connectivity index (χ2n) is 7.79. The number of rotatable bonds is 8. The molecule has 1 unspecified atom stereocenters. The molecule has 1 saturated heterocycles. The van der Waals surface area contributed by atoms with Gasteiger partial charge in [-0.3, -0.25) is 20.0 Å². The van der Waals surface area contributed by atoms with Gasteiger partial charge in [0.25, 0.3) is 0 Å². The molecule has 1 aliphatic heterocycles. The maximum atomic E-state index is 13.1. The Bertz CT molecular complexity index is 1020. The Morgan fingerprint density at radius 3 is 2.84 bits per heavy atom. The minimum atomic E-state index is -0.365. The molecular weight excluding hydrogens is 410 g/mol. The van der Waals surface area contributed by atoms with Crippen molar-refractivity contribution in [2.45, 2.75) is 39.2 Å². The molecule has 1 atom stereocenters. The molecule has 1 fully saturated rings. The van der Waals surface area contributed by atoms with Crippen molar-refractivity contribution < 1.29 is 9.53 Å². The summed E-state index contributed by atoms with van der Waals surface area (Å²) in [5.41, 5.74) is 3.18. The molecule has 0 bridgehead atoms. The van der Waals surface area contributed by atoms with Gasteiger partial charge >= 0.3 is 0 Å². The number of aromatic nitrogens is 3. The summed E-state index contributed by atoms with van der Waals surface area (Å²) in [6.07, 6.45) is 6.33. The highest BCUT2D eigenvalue weighted by Crippen LogP contribution is 2.27. The molecule has 1 aliphatic rings.